The van der Waals surface area contributed by atoms with Gasteiger partial charge in [-0.2, -0.15) is 0 Å². The third kappa shape index (κ3) is 3.39. The van der Waals surface area contributed by atoms with Crippen molar-refractivity contribution >= 4 is 29.1 Å². The Morgan fingerprint density at radius 3 is 2.42 bits per heavy atom. The van der Waals surface area contributed by atoms with Crippen molar-refractivity contribution in [2.45, 2.75) is 12.5 Å². The summed E-state index contributed by atoms with van der Waals surface area (Å²) in [7, 11) is 0. The molecule has 0 spiro atoms. The second kappa shape index (κ2) is 7.07. The van der Waals surface area contributed by atoms with Crippen molar-refractivity contribution in [3.63, 3.8) is 0 Å². The van der Waals surface area contributed by atoms with Crippen molar-refractivity contribution in [2.24, 2.45) is 0 Å². The van der Waals surface area contributed by atoms with Crippen LogP contribution in [0.4, 0.5) is 11.4 Å². The van der Waals surface area contributed by atoms with E-state index in [2.05, 4.69) is 15.8 Å². The fourth-order valence-electron chi connectivity index (χ4n) is 2.47. The summed E-state index contributed by atoms with van der Waals surface area (Å²) in [5, 5.41) is 10.7. The molecule has 2 aromatic rings. The standard InChI is InChI=1S/C16H13N5O5/c22-14-9-13(18-19-15(23)10-5-7-17-8-6-10)16(24)20(14)11-1-3-12(4-2-11)21(25)26/h1-8,13,18H,9H2,(H,19,23)/t13-/m0/s1. The lowest BCUT2D eigenvalue weighted by atomic mass is 10.2. The van der Waals surface area contributed by atoms with Crippen LogP contribution in [0.15, 0.2) is 48.8 Å². The number of benzene rings is 1. The number of nitro benzene ring substituents is 1. The molecule has 1 aromatic carbocycles. The van der Waals surface area contributed by atoms with Crippen molar-refractivity contribution in [3.8, 4) is 0 Å². The number of nitrogens with one attached hydrogen (secondary N) is 2. The molecule has 10 nitrogen and oxygen atoms in total. The van der Waals surface area contributed by atoms with E-state index >= 15 is 0 Å². The van der Waals surface area contributed by atoms with Gasteiger partial charge < -0.3 is 0 Å². The largest absolute Gasteiger partial charge is 0.287 e. The molecule has 132 valence electrons. The van der Waals surface area contributed by atoms with E-state index in [4.69, 9.17) is 0 Å². The predicted molar refractivity (Wildman–Crippen MR) is 88.8 cm³/mol. The van der Waals surface area contributed by atoms with E-state index in [9.17, 15) is 24.5 Å². The summed E-state index contributed by atoms with van der Waals surface area (Å²) in [5.74, 6) is -1.50. The van der Waals surface area contributed by atoms with Crippen molar-refractivity contribution < 1.29 is 19.3 Å². The van der Waals surface area contributed by atoms with E-state index in [1.165, 1.54) is 48.8 Å². The van der Waals surface area contributed by atoms with Crippen LogP contribution in [0.3, 0.4) is 0 Å². The molecule has 0 unspecified atom stereocenters. The molecule has 3 amide bonds. The molecule has 0 radical (unpaired) electrons. The molecule has 1 saturated heterocycles. The summed E-state index contributed by atoms with van der Waals surface area (Å²) >= 11 is 0. The number of hydrazine groups is 1. The summed E-state index contributed by atoms with van der Waals surface area (Å²) in [6, 6.07) is 7.15. The highest BCUT2D eigenvalue weighted by Gasteiger charge is 2.39. The van der Waals surface area contributed by atoms with Crippen molar-refractivity contribution in [1.29, 1.82) is 0 Å². The SMILES string of the molecule is O=C(NN[C@H]1CC(=O)N(c2ccc([N+](=O)[O-])cc2)C1=O)c1ccncc1. The van der Waals surface area contributed by atoms with Crippen LogP contribution in [0.2, 0.25) is 0 Å². The number of rotatable bonds is 5. The average molecular weight is 355 g/mol. The second-order valence-electron chi connectivity index (χ2n) is 5.43. The average Bonchev–Trinajstić information content (AvgIpc) is 2.94. The minimum absolute atomic E-state index is 0.146. The Balaban J connectivity index is 1.67. The Bertz CT molecular complexity index is 868. The van der Waals surface area contributed by atoms with Gasteiger partial charge in [-0.15, -0.1) is 0 Å². The lowest BCUT2D eigenvalue weighted by Crippen LogP contribution is -2.48. The van der Waals surface area contributed by atoms with E-state index in [1.807, 2.05) is 0 Å². The molecule has 10 heteroatoms. The highest BCUT2D eigenvalue weighted by atomic mass is 16.6. The topological polar surface area (TPSA) is 135 Å². The molecule has 0 aliphatic carbocycles. The van der Waals surface area contributed by atoms with Crippen LogP contribution in [0.1, 0.15) is 16.8 Å². The fraction of sp³-hybridized carbons (Fsp3) is 0.125. The van der Waals surface area contributed by atoms with Crippen LogP contribution in [-0.4, -0.2) is 33.7 Å². The third-order valence-corrected chi connectivity index (χ3v) is 3.77. The Labute approximate surface area is 146 Å². The Morgan fingerprint density at radius 1 is 1.15 bits per heavy atom. The van der Waals surface area contributed by atoms with Gasteiger partial charge in [-0.3, -0.25) is 34.9 Å². The zero-order chi connectivity index (χ0) is 18.7. The molecule has 2 heterocycles. The zero-order valence-electron chi connectivity index (χ0n) is 13.3. The first-order chi connectivity index (χ1) is 12.5. The Morgan fingerprint density at radius 2 is 1.81 bits per heavy atom. The zero-order valence-corrected chi connectivity index (χ0v) is 13.3. The summed E-state index contributed by atoms with van der Waals surface area (Å²) < 4.78 is 0. The van der Waals surface area contributed by atoms with E-state index in [0.717, 1.165) is 4.90 Å². The molecule has 0 saturated carbocycles. The number of pyridine rings is 1. The molecule has 1 atom stereocenters. The van der Waals surface area contributed by atoms with Crippen LogP contribution in [0.5, 0.6) is 0 Å². The quantitative estimate of drug-likeness (QED) is 0.454. The van der Waals surface area contributed by atoms with E-state index < -0.39 is 28.7 Å². The number of carbonyl (C=O) groups is 3. The highest BCUT2D eigenvalue weighted by Crippen LogP contribution is 2.24. The molecule has 26 heavy (non-hydrogen) atoms. The van der Waals surface area contributed by atoms with Crippen molar-refractivity contribution in [2.75, 3.05) is 4.90 Å². The minimum Gasteiger partial charge on any atom is -0.287 e. The number of non-ortho nitro benzene ring substituents is 1. The maximum absolute atomic E-state index is 12.4. The first-order valence-electron chi connectivity index (χ1n) is 7.54. The molecule has 1 aliphatic rings. The van der Waals surface area contributed by atoms with Gasteiger partial charge in [0, 0.05) is 30.1 Å². The van der Waals surface area contributed by atoms with Crippen LogP contribution in [0, 0.1) is 10.1 Å². The van der Waals surface area contributed by atoms with Gasteiger partial charge in [0.25, 0.3) is 17.5 Å². The third-order valence-electron chi connectivity index (χ3n) is 3.77. The molecular formula is C16H13N5O5. The number of imide groups is 1. The van der Waals surface area contributed by atoms with Crippen LogP contribution in [-0.2, 0) is 9.59 Å². The van der Waals surface area contributed by atoms with Gasteiger partial charge in [0.15, 0.2) is 0 Å². The van der Waals surface area contributed by atoms with Crippen LogP contribution in [0.25, 0.3) is 0 Å². The van der Waals surface area contributed by atoms with E-state index in [0.29, 0.717) is 5.56 Å². The van der Waals surface area contributed by atoms with Crippen LogP contribution < -0.4 is 15.8 Å². The maximum Gasteiger partial charge on any atom is 0.269 e. The number of hydrogen-bond donors (Lipinski definition) is 2. The van der Waals surface area contributed by atoms with Gasteiger partial charge in [0.05, 0.1) is 17.0 Å². The minimum atomic E-state index is -0.927. The lowest BCUT2D eigenvalue weighted by Gasteiger charge is -2.15. The Kier molecular flexibility index (Phi) is 4.67. The van der Waals surface area contributed by atoms with Gasteiger partial charge in [-0.1, -0.05) is 0 Å². The van der Waals surface area contributed by atoms with Gasteiger partial charge in [-0.25, -0.2) is 10.3 Å². The molecular weight excluding hydrogens is 342 g/mol. The lowest BCUT2D eigenvalue weighted by molar-refractivity contribution is -0.384. The number of hydrogen-bond acceptors (Lipinski definition) is 7. The molecule has 3 rings (SSSR count). The number of nitro groups is 1. The number of anilines is 1. The van der Waals surface area contributed by atoms with Gasteiger partial charge in [0.2, 0.25) is 5.91 Å². The van der Waals surface area contributed by atoms with E-state index in [1.54, 1.807) is 0 Å². The Hall–Kier alpha value is -3.66. The molecule has 2 N–H and O–H groups in total. The summed E-state index contributed by atoms with van der Waals surface area (Å²) in [6.07, 6.45) is 2.76. The molecule has 1 aromatic heterocycles. The summed E-state index contributed by atoms with van der Waals surface area (Å²) in [4.78, 5) is 51.4. The predicted octanol–water partition coefficient (Wildman–Crippen LogP) is 0.556. The number of aromatic nitrogens is 1. The second-order valence-corrected chi connectivity index (χ2v) is 5.43. The van der Waals surface area contributed by atoms with Crippen LogP contribution >= 0.6 is 0 Å². The number of amides is 3. The van der Waals surface area contributed by atoms with Gasteiger partial charge in [0.1, 0.15) is 6.04 Å². The summed E-state index contributed by atoms with van der Waals surface area (Å²) in [5.41, 5.74) is 5.36. The van der Waals surface area contributed by atoms with Crippen molar-refractivity contribution in [1.82, 2.24) is 15.8 Å². The fourth-order valence-corrected chi connectivity index (χ4v) is 2.47. The number of nitrogens with zero attached hydrogens (tertiary/aromatic N) is 3. The maximum atomic E-state index is 12.4. The van der Waals surface area contributed by atoms with Crippen molar-refractivity contribution in [3.05, 3.63) is 64.5 Å². The molecule has 0 bridgehead atoms. The summed E-state index contributed by atoms with van der Waals surface area (Å²) in [6.45, 7) is 0. The monoisotopic (exact) mass is 355 g/mol. The molecule has 1 fully saturated rings. The molecule has 1 aliphatic heterocycles. The number of carbonyl (C=O) groups excluding carboxylic acids is 3. The first kappa shape index (κ1) is 17.2. The van der Waals surface area contributed by atoms with E-state index in [-0.39, 0.29) is 17.8 Å². The van der Waals surface area contributed by atoms with Gasteiger partial charge >= 0.3 is 0 Å². The first-order valence-corrected chi connectivity index (χ1v) is 7.54. The normalized spacial score (nSPS) is 16.6. The van der Waals surface area contributed by atoms with Gasteiger partial charge in [-0.05, 0) is 24.3 Å². The smallest absolute Gasteiger partial charge is 0.269 e. The highest BCUT2D eigenvalue weighted by molar-refractivity contribution is 6.22.